The van der Waals surface area contributed by atoms with Gasteiger partial charge in [0.25, 0.3) is 0 Å². The molecule has 0 radical (unpaired) electrons. The summed E-state index contributed by atoms with van der Waals surface area (Å²) in [6, 6.07) is 4.59. The number of ether oxygens (including phenoxy) is 1. The van der Waals surface area contributed by atoms with Gasteiger partial charge in [0.15, 0.2) is 0 Å². The number of nitrogens with one attached hydrogen (secondary N) is 1. The number of aromatic nitrogens is 1. The molecule has 1 N–H and O–H groups in total. The second kappa shape index (κ2) is 5.47. The lowest BCUT2D eigenvalue weighted by atomic mass is 10.1. The molecule has 0 amide bonds. The van der Waals surface area contributed by atoms with Crippen LogP contribution in [0.2, 0.25) is 0 Å². The first kappa shape index (κ1) is 12.3. The molecule has 1 aromatic heterocycles. The van der Waals surface area contributed by atoms with Gasteiger partial charge in [-0.25, -0.2) is 4.98 Å². The monoisotopic (exact) mass is 235 g/mol. The number of morpholine rings is 1. The minimum absolute atomic E-state index is 0.320. The normalized spacial score (nSPS) is 25.8. The maximum atomic E-state index is 5.64. The van der Waals surface area contributed by atoms with Gasteiger partial charge in [-0.1, -0.05) is 6.07 Å². The fourth-order valence-electron chi connectivity index (χ4n) is 2.20. The van der Waals surface area contributed by atoms with Gasteiger partial charge in [-0.05, 0) is 19.9 Å². The van der Waals surface area contributed by atoms with Crippen LogP contribution in [0.4, 0.5) is 5.82 Å². The maximum absolute atomic E-state index is 5.64. The third kappa shape index (κ3) is 2.96. The van der Waals surface area contributed by atoms with Gasteiger partial charge < -0.3 is 10.1 Å². The second-order valence-electron chi connectivity index (χ2n) is 4.68. The van der Waals surface area contributed by atoms with Crippen LogP contribution in [-0.2, 0) is 11.3 Å². The molecule has 4 heteroatoms. The average molecular weight is 235 g/mol. The van der Waals surface area contributed by atoms with Crippen molar-refractivity contribution in [3.05, 3.63) is 23.9 Å². The molecule has 1 aliphatic rings. The van der Waals surface area contributed by atoms with E-state index < -0.39 is 0 Å². The van der Waals surface area contributed by atoms with E-state index in [2.05, 4.69) is 35.1 Å². The molecule has 2 heterocycles. The Morgan fingerprint density at radius 1 is 1.53 bits per heavy atom. The molecule has 1 saturated heterocycles. The largest absolute Gasteiger partial charge is 0.376 e. The zero-order valence-electron chi connectivity index (χ0n) is 10.8. The Balaban J connectivity index is 2.08. The number of rotatable bonds is 3. The summed E-state index contributed by atoms with van der Waals surface area (Å²) in [5.74, 6) is 0.971. The van der Waals surface area contributed by atoms with Crippen molar-refractivity contribution in [2.45, 2.75) is 32.5 Å². The van der Waals surface area contributed by atoms with Gasteiger partial charge in [0.2, 0.25) is 0 Å². The minimum Gasteiger partial charge on any atom is -0.376 e. The van der Waals surface area contributed by atoms with Crippen LogP contribution in [0.5, 0.6) is 0 Å². The summed E-state index contributed by atoms with van der Waals surface area (Å²) in [7, 11) is 1.91. The van der Waals surface area contributed by atoms with E-state index in [-0.39, 0.29) is 0 Å². The van der Waals surface area contributed by atoms with Crippen LogP contribution < -0.4 is 5.32 Å². The summed E-state index contributed by atoms with van der Waals surface area (Å²) in [6.07, 6.45) is 2.14. The lowest BCUT2D eigenvalue weighted by Gasteiger charge is -2.36. The van der Waals surface area contributed by atoms with Gasteiger partial charge in [-0.3, -0.25) is 4.90 Å². The Kier molecular flexibility index (Phi) is 3.97. The summed E-state index contributed by atoms with van der Waals surface area (Å²) < 4.78 is 5.64. The van der Waals surface area contributed by atoms with E-state index in [4.69, 9.17) is 4.74 Å². The Morgan fingerprint density at radius 2 is 2.35 bits per heavy atom. The fraction of sp³-hybridized carbons (Fsp3) is 0.615. The van der Waals surface area contributed by atoms with Crippen LogP contribution in [0.15, 0.2) is 18.3 Å². The molecule has 1 fully saturated rings. The quantitative estimate of drug-likeness (QED) is 0.866. The zero-order valence-corrected chi connectivity index (χ0v) is 10.8. The first-order chi connectivity index (χ1) is 8.20. The number of nitrogens with zero attached hydrogens (tertiary/aromatic N) is 2. The zero-order chi connectivity index (χ0) is 12.3. The molecular formula is C13H21N3O. The fourth-order valence-corrected chi connectivity index (χ4v) is 2.20. The summed E-state index contributed by atoms with van der Waals surface area (Å²) >= 11 is 0. The third-order valence-corrected chi connectivity index (χ3v) is 3.24. The predicted octanol–water partition coefficient (Wildman–Crippen LogP) is 1.73. The molecule has 0 saturated carbocycles. The van der Waals surface area contributed by atoms with Crippen molar-refractivity contribution < 1.29 is 4.74 Å². The van der Waals surface area contributed by atoms with E-state index in [0.717, 1.165) is 25.5 Å². The highest BCUT2D eigenvalue weighted by Gasteiger charge is 2.23. The number of hydrogen-bond donors (Lipinski definition) is 1. The van der Waals surface area contributed by atoms with Gasteiger partial charge >= 0.3 is 0 Å². The average Bonchev–Trinajstić information content (AvgIpc) is 2.34. The van der Waals surface area contributed by atoms with Gasteiger partial charge in [0, 0.05) is 37.9 Å². The van der Waals surface area contributed by atoms with Crippen LogP contribution in [0.1, 0.15) is 19.4 Å². The predicted molar refractivity (Wildman–Crippen MR) is 69.1 cm³/mol. The van der Waals surface area contributed by atoms with E-state index >= 15 is 0 Å². The Labute approximate surface area is 103 Å². The molecule has 1 aliphatic heterocycles. The summed E-state index contributed by atoms with van der Waals surface area (Å²) in [6.45, 7) is 7.07. The van der Waals surface area contributed by atoms with Crippen LogP contribution in [0.25, 0.3) is 0 Å². The van der Waals surface area contributed by atoms with Crippen LogP contribution in [0.3, 0.4) is 0 Å². The minimum atomic E-state index is 0.320. The number of pyridine rings is 1. The topological polar surface area (TPSA) is 37.4 Å². The molecule has 2 rings (SSSR count). The van der Waals surface area contributed by atoms with E-state index in [1.54, 1.807) is 0 Å². The molecule has 2 unspecified atom stereocenters. The Morgan fingerprint density at radius 3 is 3.12 bits per heavy atom. The highest BCUT2D eigenvalue weighted by atomic mass is 16.5. The molecule has 4 nitrogen and oxygen atoms in total. The lowest BCUT2D eigenvalue weighted by Crippen LogP contribution is -2.46. The Bertz CT molecular complexity index is 369. The van der Waals surface area contributed by atoms with Gasteiger partial charge in [0.05, 0.1) is 12.7 Å². The van der Waals surface area contributed by atoms with Crippen molar-refractivity contribution in [3.8, 4) is 0 Å². The highest BCUT2D eigenvalue weighted by molar-refractivity contribution is 5.42. The lowest BCUT2D eigenvalue weighted by molar-refractivity contribution is -0.0526. The summed E-state index contributed by atoms with van der Waals surface area (Å²) in [5.41, 5.74) is 1.25. The van der Waals surface area contributed by atoms with Crippen molar-refractivity contribution >= 4 is 5.82 Å². The van der Waals surface area contributed by atoms with Crippen molar-refractivity contribution in [3.63, 3.8) is 0 Å². The van der Waals surface area contributed by atoms with Crippen LogP contribution in [0, 0.1) is 0 Å². The van der Waals surface area contributed by atoms with Crippen molar-refractivity contribution in [2.24, 2.45) is 0 Å². The van der Waals surface area contributed by atoms with E-state index in [1.165, 1.54) is 5.56 Å². The molecule has 94 valence electrons. The van der Waals surface area contributed by atoms with E-state index in [9.17, 15) is 0 Å². The molecule has 0 aromatic carbocycles. The molecule has 0 bridgehead atoms. The van der Waals surface area contributed by atoms with Gasteiger partial charge in [-0.15, -0.1) is 0 Å². The third-order valence-electron chi connectivity index (χ3n) is 3.24. The van der Waals surface area contributed by atoms with E-state index in [0.29, 0.717) is 12.1 Å². The van der Waals surface area contributed by atoms with Gasteiger partial charge in [-0.2, -0.15) is 0 Å². The molecule has 2 atom stereocenters. The smallest absolute Gasteiger partial charge is 0.130 e. The van der Waals surface area contributed by atoms with Crippen molar-refractivity contribution in [1.82, 2.24) is 9.88 Å². The first-order valence-electron chi connectivity index (χ1n) is 6.18. The summed E-state index contributed by atoms with van der Waals surface area (Å²) in [4.78, 5) is 6.79. The summed E-state index contributed by atoms with van der Waals surface area (Å²) in [5, 5.41) is 3.14. The highest BCUT2D eigenvalue weighted by Crippen LogP contribution is 2.18. The van der Waals surface area contributed by atoms with Gasteiger partial charge in [0.1, 0.15) is 5.82 Å². The van der Waals surface area contributed by atoms with Crippen molar-refractivity contribution in [1.29, 1.82) is 0 Å². The molecular weight excluding hydrogens is 214 g/mol. The molecule has 0 aliphatic carbocycles. The standard InChI is InChI=1S/C13H21N3O/c1-10-9-17-11(2)7-16(10)8-12-5-4-6-15-13(12)14-3/h4-6,10-11H,7-9H2,1-3H3,(H,14,15). The van der Waals surface area contributed by atoms with E-state index in [1.807, 2.05) is 19.3 Å². The Hall–Kier alpha value is -1.13. The van der Waals surface area contributed by atoms with Crippen LogP contribution >= 0.6 is 0 Å². The van der Waals surface area contributed by atoms with Crippen LogP contribution in [-0.4, -0.2) is 42.2 Å². The first-order valence-corrected chi connectivity index (χ1v) is 6.18. The SMILES string of the molecule is CNc1ncccc1CN1CC(C)OCC1C. The number of hydrogen-bond acceptors (Lipinski definition) is 4. The molecule has 17 heavy (non-hydrogen) atoms. The second-order valence-corrected chi connectivity index (χ2v) is 4.68. The molecule has 1 aromatic rings. The number of anilines is 1. The van der Waals surface area contributed by atoms with Crippen molar-refractivity contribution in [2.75, 3.05) is 25.5 Å². The maximum Gasteiger partial charge on any atom is 0.130 e. The molecule has 0 spiro atoms.